The highest BCUT2D eigenvalue weighted by Gasteiger charge is 2.45. The SMILES string of the molecule is CCOc1cc2c(cc1OCC)[C@H](C(=O)O)[C@@H](c1cccc(OC)c1OC)N(C)C2=O. The molecule has 1 N–H and O–H groups in total. The third-order valence-electron chi connectivity index (χ3n) is 5.35. The Labute approximate surface area is 181 Å². The fourth-order valence-corrected chi connectivity index (χ4v) is 4.07. The number of methoxy groups -OCH3 is 2. The molecule has 0 saturated carbocycles. The lowest BCUT2D eigenvalue weighted by Crippen LogP contribution is -2.42. The first-order chi connectivity index (χ1) is 14.9. The Kier molecular flexibility index (Phi) is 6.58. The maximum Gasteiger partial charge on any atom is 0.313 e. The van der Waals surface area contributed by atoms with Gasteiger partial charge in [0.05, 0.1) is 33.5 Å². The van der Waals surface area contributed by atoms with Crippen molar-refractivity contribution in [2.24, 2.45) is 0 Å². The molecule has 1 amide bonds. The standard InChI is InChI=1S/C23H27NO7/c1-6-30-17-11-14-15(12-18(17)31-7-2)22(25)24(3)20(19(14)23(26)27)13-9-8-10-16(28-4)21(13)29-5/h8-12,19-20H,6-7H2,1-5H3,(H,26,27)/t19-,20+/m0/s1. The van der Waals surface area contributed by atoms with Crippen LogP contribution in [0.4, 0.5) is 0 Å². The van der Waals surface area contributed by atoms with E-state index in [2.05, 4.69) is 0 Å². The smallest absolute Gasteiger partial charge is 0.313 e. The molecule has 0 radical (unpaired) electrons. The average molecular weight is 429 g/mol. The Bertz CT molecular complexity index is 988. The summed E-state index contributed by atoms with van der Waals surface area (Å²) in [5.74, 6) is -0.769. The molecule has 2 atom stereocenters. The summed E-state index contributed by atoms with van der Waals surface area (Å²) in [5, 5.41) is 10.2. The summed E-state index contributed by atoms with van der Waals surface area (Å²) in [6.45, 7) is 4.41. The molecule has 0 spiro atoms. The van der Waals surface area contributed by atoms with E-state index in [9.17, 15) is 14.7 Å². The number of rotatable bonds is 8. The van der Waals surface area contributed by atoms with Gasteiger partial charge in [0.15, 0.2) is 23.0 Å². The maximum atomic E-state index is 13.3. The molecule has 0 unspecified atom stereocenters. The quantitative estimate of drug-likeness (QED) is 0.686. The van der Waals surface area contributed by atoms with Crippen LogP contribution in [0.1, 0.15) is 47.3 Å². The Balaban J connectivity index is 2.26. The van der Waals surface area contributed by atoms with E-state index in [1.54, 1.807) is 37.4 Å². The Hall–Kier alpha value is -3.42. The van der Waals surface area contributed by atoms with E-state index in [4.69, 9.17) is 18.9 Å². The number of likely N-dealkylation sites (N-methyl/N-ethyl adjacent to an activating group) is 1. The van der Waals surface area contributed by atoms with Gasteiger partial charge in [-0.15, -0.1) is 0 Å². The predicted molar refractivity (Wildman–Crippen MR) is 114 cm³/mol. The van der Waals surface area contributed by atoms with Crippen molar-refractivity contribution in [2.75, 3.05) is 34.5 Å². The van der Waals surface area contributed by atoms with E-state index < -0.39 is 17.9 Å². The molecule has 0 aromatic heterocycles. The second-order valence-corrected chi connectivity index (χ2v) is 7.01. The van der Waals surface area contributed by atoms with Crippen LogP contribution < -0.4 is 18.9 Å². The Morgan fingerprint density at radius 1 is 1.00 bits per heavy atom. The van der Waals surface area contributed by atoms with Gasteiger partial charge in [-0.2, -0.15) is 0 Å². The van der Waals surface area contributed by atoms with Crippen molar-refractivity contribution in [1.82, 2.24) is 4.90 Å². The number of hydrogen-bond donors (Lipinski definition) is 1. The number of fused-ring (bicyclic) bond motifs is 1. The predicted octanol–water partition coefficient (Wildman–Crippen LogP) is 3.50. The summed E-state index contributed by atoms with van der Waals surface area (Å²) in [5.41, 5.74) is 1.19. The number of benzene rings is 2. The van der Waals surface area contributed by atoms with Crippen LogP contribution in [0.5, 0.6) is 23.0 Å². The molecule has 0 bridgehead atoms. The molecule has 0 saturated heterocycles. The minimum Gasteiger partial charge on any atom is -0.493 e. The largest absolute Gasteiger partial charge is 0.493 e. The molecule has 2 aromatic rings. The van der Waals surface area contributed by atoms with Crippen molar-refractivity contribution in [3.8, 4) is 23.0 Å². The summed E-state index contributed by atoms with van der Waals surface area (Å²) in [4.78, 5) is 27.2. The summed E-state index contributed by atoms with van der Waals surface area (Å²) >= 11 is 0. The third-order valence-corrected chi connectivity index (χ3v) is 5.35. The zero-order valence-corrected chi connectivity index (χ0v) is 18.3. The van der Waals surface area contributed by atoms with Gasteiger partial charge in [-0.05, 0) is 37.6 Å². The molecule has 1 heterocycles. The van der Waals surface area contributed by atoms with E-state index in [1.165, 1.54) is 19.1 Å². The normalized spacial score (nSPS) is 17.7. The zero-order valence-electron chi connectivity index (χ0n) is 18.3. The number of hydrogen-bond acceptors (Lipinski definition) is 6. The summed E-state index contributed by atoms with van der Waals surface area (Å²) < 4.78 is 22.2. The monoisotopic (exact) mass is 429 g/mol. The van der Waals surface area contributed by atoms with Gasteiger partial charge in [0.2, 0.25) is 0 Å². The number of carbonyl (C=O) groups is 2. The molecule has 1 aliphatic heterocycles. The molecule has 1 aliphatic rings. The van der Waals surface area contributed by atoms with Gasteiger partial charge in [-0.1, -0.05) is 12.1 Å². The fraction of sp³-hybridized carbons (Fsp3) is 0.391. The highest BCUT2D eigenvalue weighted by Crippen LogP contribution is 2.49. The highest BCUT2D eigenvalue weighted by atomic mass is 16.5. The van der Waals surface area contributed by atoms with E-state index in [1.807, 2.05) is 13.8 Å². The lowest BCUT2D eigenvalue weighted by Gasteiger charge is -2.39. The molecule has 166 valence electrons. The lowest BCUT2D eigenvalue weighted by atomic mass is 9.79. The molecule has 3 rings (SSSR count). The first kappa shape index (κ1) is 22.3. The molecule has 8 nitrogen and oxygen atoms in total. The van der Waals surface area contributed by atoms with Gasteiger partial charge in [-0.3, -0.25) is 9.59 Å². The summed E-state index contributed by atoms with van der Waals surface area (Å²) in [6.07, 6.45) is 0. The van der Waals surface area contributed by atoms with Gasteiger partial charge < -0.3 is 29.0 Å². The van der Waals surface area contributed by atoms with Crippen molar-refractivity contribution < 1.29 is 33.6 Å². The fourth-order valence-electron chi connectivity index (χ4n) is 4.07. The number of para-hydroxylation sites is 1. The van der Waals surface area contributed by atoms with Crippen LogP contribution in [0, 0.1) is 0 Å². The van der Waals surface area contributed by atoms with Crippen molar-refractivity contribution in [3.05, 3.63) is 47.0 Å². The van der Waals surface area contributed by atoms with Gasteiger partial charge in [0.25, 0.3) is 5.91 Å². The van der Waals surface area contributed by atoms with E-state index >= 15 is 0 Å². The van der Waals surface area contributed by atoms with Crippen molar-refractivity contribution >= 4 is 11.9 Å². The van der Waals surface area contributed by atoms with Gasteiger partial charge in [-0.25, -0.2) is 0 Å². The average Bonchev–Trinajstić information content (AvgIpc) is 2.76. The zero-order chi connectivity index (χ0) is 22.7. The molecule has 0 fully saturated rings. The number of ether oxygens (including phenoxy) is 4. The molecular weight excluding hydrogens is 402 g/mol. The summed E-state index contributed by atoms with van der Waals surface area (Å²) in [7, 11) is 4.57. The topological polar surface area (TPSA) is 94.5 Å². The Morgan fingerprint density at radius 2 is 1.65 bits per heavy atom. The highest BCUT2D eigenvalue weighted by molar-refractivity contribution is 6.01. The van der Waals surface area contributed by atoms with Crippen molar-refractivity contribution in [2.45, 2.75) is 25.8 Å². The molecular formula is C23H27NO7. The maximum absolute atomic E-state index is 13.3. The van der Waals surface area contributed by atoms with Crippen LogP contribution >= 0.6 is 0 Å². The number of amides is 1. The van der Waals surface area contributed by atoms with E-state index in [-0.39, 0.29) is 11.5 Å². The van der Waals surface area contributed by atoms with Crippen LogP contribution in [-0.2, 0) is 4.79 Å². The minimum absolute atomic E-state index is 0.278. The van der Waals surface area contributed by atoms with Gasteiger partial charge in [0, 0.05) is 18.2 Å². The molecule has 31 heavy (non-hydrogen) atoms. The molecule has 0 aliphatic carbocycles. The van der Waals surface area contributed by atoms with Gasteiger partial charge in [0.1, 0.15) is 5.92 Å². The number of nitrogens with zero attached hydrogens (tertiary/aromatic N) is 1. The molecule has 2 aromatic carbocycles. The molecule has 8 heteroatoms. The minimum atomic E-state index is -1.07. The first-order valence-electron chi connectivity index (χ1n) is 10.0. The van der Waals surface area contributed by atoms with Crippen LogP contribution in [0.25, 0.3) is 0 Å². The number of carboxylic acids is 1. The van der Waals surface area contributed by atoms with Crippen LogP contribution in [0.3, 0.4) is 0 Å². The first-order valence-corrected chi connectivity index (χ1v) is 10.0. The van der Waals surface area contributed by atoms with E-state index in [0.29, 0.717) is 47.3 Å². The second kappa shape index (κ2) is 9.16. The Morgan fingerprint density at radius 3 is 2.19 bits per heavy atom. The third kappa shape index (κ3) is 3.85. The number of aliphatic carboxylic acids is 1. The van der Waals surface area contributed by atoms with Crippen LogP contribution in [-0.4, -0.2) is 56.4 Å². The second-order valence-electron chi connectivity index (χ2n) is 7.01. The number of carbonyl (C=O) groups excluding carboxylic acids is 1. The van der Waals surface area contributed by atoms with Crippen molar-refractivity contribution in [3.63, 3.8) is 0 Å². The van der Waals surface area contributed by atoms with Crippen LogP contribution in [0.2, 0.25) is 0 Å². The van der Waals surface area contributed by atoms with Gasteiger partial charge >= 0.3 is 5.97 Å². The summed E-state index contributed by atoms with van der Waals surface area (Å²) in [6, 6.07) is 7.57. The lowest BCUT2D eigenvalue weighted by molar-refractivity contribution is -0.140. The van der Waals surface area contributed by atoms with E-state index in [0.717, 1.165) is 0 Å². The van der Waals surface area contributed by atoms with Crippen LogP contribution in [0.15, 0.2) is 30.3 Å². The van der Waals surface area contributed by atoms with Crippen molar-refractivity contribution in [1.29, 1.82) is 0 Å². The number of carboxylic acid groups (broad SMARTS) is 1.